The molecule has 2 amide bonds. The minimum absolute atomic E-state index is 0.0433. The number of amides is 2. The monoisotopic (exact) mass is 395 g/mol. The van der Waals surface area contributed by atoms with Crippen molar-refractivity contribution in [1.82, 2.24) is 14.5 Å². The van der Waals surface area contributed by atoms with E-state index in [0.717, 1.165) is 38.8 Å². The number of benzene rings is 1. The normalized spacial score (nSPS) is 15.4. The molecule has 1 aliphatic rings. The Morgan fingerprint density at radius 3 is 2.07 bits per heavy atom. The van der Waals surface area contributed by atoms with Crippen LogP contribution in [0.4, 0.5) is 0 Å². The molecule has 1 fully saturated rings. The lowest BCUT2D eigenvalue weighted by molar-refractivity contribution is -0.130. The first kappa shape index (κ1) is 21.4. The fourth-order valence-corrected chi connectivity index (χ4v) is 4.64. The van der Waals surface area contributed by atoms with Crippen molar-refractivity contribution in [3.63, 3.8) is 0 Å². The number of hydrogen-bond acceptors (Lipinski definition) is 4. The maximum Gasteiger partial charge on any atom is 0.251 e. The Labute approximate surface area is 161 Å². The van der Waals surface area contributed by atoms with Gasteiger partial charge in [-0.25, -0.2) is 8.42 Å². The van der Waals surface area contributed by atoms with E-state index >= 15 is 0 Å². The second-order valence-corrected chi connectivity index (χ2v) is 8.53. The third-order valence-corrected chi connectivity index (χ3v) is 6.88. The second kappa shape index (κ2) is 9.85. The first-order valence-electron chi connectivity index (χ1n) is 9.56. The van der Waals surface area contributed by atoms with Crippen molar-refractivity contribution < 1.29 is 18.0 Å². The van der Waals surface area contributed by atoms with Crippen LogP contribution in [0.15, 0.2) is 29.2 Å². The Morgan fingerprint density at radius 2 is 1.56 bits per heavy atom. The summed E-state index contributed by atoms with van der Waals surface area (Å²) in [5.41, 5.74) is 0.331. The summed E-state index contributed by atoms with van der Waals surface area (Å²) in [6, 6.07) is 5.81. The fraction of sp³-hybridized carbons (Fsp3) is 0.579. The Morgan fingerprint density at radius 1 is 1.00 bits per heavy atom. The Kier molecular flexibility index (Phi) is 7.79. The first-order chi connectivity index (χ1) is 12.9. The molecule has 1 aromatic rings. The number of nitrogens with zero attached hydrogens (tertiary/aromatic N) is 2. The van der Waals surface area contributed by atoms with Crippen molar-refractivity contribution in [3.8, 4) is 0 Å². The van der Waals surface area contributed by atoms with Gasteiger partial charge in [0.1, 0.15) is 0 Å². The van der Waals surface area contributed by atoms with E-state index in [4.69, 9.17) is 0 Å². The van der Waals surface area contributed by atoms with E-state index in [9.17, 15) is 18.0 Å². The zero-order valence-corrected chi connectivity index (χ0v) is 16.9. The van der Waals surface area contributed by atoms with Gasteiger partial charge in [-0.2, -0.15) is 4.31 Å². The van der Waals surface area contributed by atoms with Gasteiger partial charge in [0.15, 0.2) is 0 Å². The topological polar surface area (TPSA) is 86.8 Å². The molecular formula is C19H29N3O4S. The van der Waals surface area contributed by atoms with Crippen LogP contribution >= 0.6 is 0 Å². The molecule has 27 heavy (non-hydrogen) atoms. The van der Waals surface area contributed by atoms with Gasteiger partial charge in [-0.15, -0.1) is 0 Å². The Bertz CT molecular complexity index is 735. The highest BCUT2D eigenvalue weighted by Crippen LogP contribution is 2.16. The second-order valence-electron chi connectivity index (χ2n) is 6.59. The lowest BCUT2D eigenvalue weighted by Gasteiger charge is -2.20. The molecule has 8 heteroatoms. The average Bonchev–Trinajstić information content (AvgIpc) is 2.96. The number of sulfonamides is 1. The van der Waals surface area contributed by atoms with Crippen LogP contribution in [0.3, 0.4) is 0 Å². The molecule has 1 aromatic carbocycles. The van der Waals surface area contributed by atoms with Gasteiger partial charge in [0.2, 0.25) is 15.9 Å². The van der Waals surface area contributed by atoms with Gasteiger partial charge in [-0.05, 0) is 37.1 Å². The van der Waals surface area contributed by atoms with Crippen LogP contribution in [0.25, 0.3) is 0 Å². The summed E-state index contributed by atoms with van der Waals surface area (Å²) in [5.74, 6) is -0.462. The van der Waals surface area contributed by atoms with Crippen LogP contribution in [0.1, 0.15) is 49.9 Å². The van der Waals surface area contributed by atoms with Gasteiger partial charge in [0.25, 0.3) is 5.91 Å². The van der Waals surface area contributed by atoms with E-state index in [1.807, 2.05) is 0 Å². The van der Waals surface area contributed by atoms with Gasteiger partial charge in [0, 0.05) is 31.7 Å². The quantitative estimate of drug-likeness (QED) is 0.763. The van der Waals surface area contributed by atoms with Crippen molar-refractivity contribution in [2.75, 3.05) is 32.7 Å². The molecule has 0 aliphatic carbocycles. The fourth-order valence-electron chi connectivity index (χ4n) is 3.18. The highest BCUT2D eigenvalue weighted by atomic mass is 32.2. The minimum atomic E-state index is -3.55. The molecule has 1 N–H and O–H groups in total. The SMILES string of the molecule is CCN(CC)S(=O)(=O)c1ccc(C(=O)NCC(=O)N2CCCCCC2)cc1. The highest BCUT2D eigenvalue weighted by Gasteiger charge is 2.22. The third kappa shape index (κ3) is 5.52. The van der Waals surface area contributed by atoms with E-state index in [-0.39, 0.29) is 23.3 Å². The van der Waals surface area contributed by atoms with Gasteiger partial charge >= 0.3 is 0 Å². The van der Waals surface area contributed by atoms with Crippen molar-refractivity contribution in [3.05, 3.63) is 29.8 Å². The predicted octanol–water partition coefficient (Wildman–Crippen LogP) is 1.85. The number of carbonyl (C=O) groups excluding carboxylic acids is 2. The van der Waals surface area contributed by atoms with Crippen LogP contribution in [-0.2, 0) is 14.8 Å². The molecular weight excluding hydrogens is 366 g/mol. The molecule has 0 spiro atoms. The molecule has 0 aromatic heterocycles. The molecule has 1 aliphatic heterocycles. The summed E-state index contributed by atoms with van der Waals surface area (Å²) in [7, 11) is -3.55. The summed E-state index contributed by atoms with van der Waals surface area (Å²) >= 11 is 0. The summed E-state index contributed by atoms with van der Waals surface area (Å²) in [6.45, 7) is 5.78. The minimum Gasteiger partial charge on any atom is -0.343 e. The molecule has 0 bridgehead atoms. The standard InChI is InChI=1S/C19H29N3O4S/c1-3-22(4-2)27(25,26)17-11-9-16(10-12-17)19(24)20-15-18(23)21-13-7-5-6-8-14-21/h9-12H,3-8,13-15H2,1-2H3,(H,20,24). The van der Waals surface area contributed by atoms with E-state index in [1.54, 1.807) is 18.7 Å². The smallest absolute Gasteiger partial charge is 0.251 e. The molecule has 2 rings (SSSR count). The number of likely N-dealkylation sites (tertiary alicyclic amines) is 1. The highest BCUT2D eigenvalue weighted by molar-refractivity contribution is 7.89. The molecule has 1 saturated heterocycles. The zero-order chi connectivity index (χ0) is 19.9. The molecule has 0 atom stereocenters. The molecule has 1 heterocycles. The van der Waals surface area contributed by atoms with Gasteiger partial charge in [0.05, 0.1) is 11.4 Å². The largest absolute Gasteiger partial charge is 0.343 e. The lowest BCUT2D eigenvalue weighted by atomic mass is 10.2. The maximum atomic E-state index is 12.5. The van der Waals surface area contributed by atoms with Gasteiger partial charge in [-0.1, -0.05) is 26.7 Å². The van der Waals surface area contributed by atoms with Crippen molar-refractivity contribution in [1.29, 1.82) is 0 Å². The van der Waals surface area contributed by atoms with E-state index < -0.39 is 10.0 Å². The van der Waals surface area contributed by atoms with Crippen LogP contribution in [0.5, 0.6) is 0 Å². The summed E-state index contributed by atoms with van der Waals surface area (Å²) in [5, 5.41) is 2.63. The van der Waals surface area contributed by atoms with Crippen LogP contribution in [-0.4, -0.2) is 62.2 Å². The van der Waals surface area contributed by atoms with Crippen molar-refractivity contribution in [2.24, 2.45) is 0 Å². The van der Waals surface area contributed by atoms with Gasteiger partial charge < -0.3 is 10.2 Å². The molecule has 0 unspecified atom stereocenters. The van der Waals surface area contributed by atoms with E-state index in [0.29, 0.717) is 18.7 Å². The summed E-state index contributed by atoms with van der Waals surface area (Å²) < 4.78 is 26.3. The van der Waals surface area contributed by atoms with Gasteiger partial charge in [-0.3, -0.25) is 9.59 Å². The Hall–Kier alpha value is -1.93. The van der Waals surface area contributed by atoms with E-state index in [1.165, 1.54) is 28.6 Å². The summed E-state index contributed by atoms with van der Waals surface area (Å²) in [4.78, 5) is 26.5. The molecule has 0 radical (unpaired) electrons. The lowest BCUT2D eigenvalue weighted by Crippen LogP contribution is -2.40. The Balaban J connectivity index is 1.96. The number of carbonyl (C=O) groups is 2. The van der Waals surface area contributed by atoms with E-state index in [2.05, 4.69) is 5.32 Å². The molecule has 0 saturated carbocycles. The van der Waals surface area contributed by atoms with Crippen molar-refractivity contribution in [2.45, 2.75) is 44.4 Å². The van der Waals surface area contributed by atoms with Crippen LogP contribution < -0.4 is 5.32 Å². The maximum absolute atomic E-state index is 12.5. The van der Waals surface area contributed by atoms with Crippen LogP contribution in [0.2, 0.25) is 0 Å². The number of rotatable bonds is 7. The molecule has 150 valence electrons. The van der Waals surface area contributed by atoms with Crippen molar-refractivity contribution >= 4 is 21.8 Å². The first-order valence-corrected chi connectivity index (χ1v) is 11.0. The summed E-state index contributed by atoms with van der Waals surface area (Å²) in [6.07, 6.45) is 4.28. The zero-order valence-electron chi connectivity index (χ0n) is 16.1. The van der Waals surface area contributed by atoms with Crippen LogP contribution in [0, 0.1) is 0 Å². The number of hydrogen-bond donors (Lipinski definition) is 1. The predicted molar refractivity (Wildman–Crippen MR) is 104 cm³/mol. The molecule has 7 nitrogen and oxygen atoms in total. The number of nitrogens with one attached hydrogen (secondary N) is 1. The third-order valence-electron chi connectivity index (χ3n) is 4.82. The average molecular weight is 396 g/mol.